The van der Waals surface area contributed by atoms with Gasteiger partial charge >= 0.3 is 6.09 Å². The van der Waals surface area contributed by atoms with Gasteiger partial charge in [-0.05, 0) is 36.4 Å². The summed E-state index contributed by atoms with van der Waals surface area (Å²) in [5, 5.41) is 15.2. The first-order valence-electron chi connectivity index (χ1n) is 7.32. The van der Waals surface area contributed by atoms with Crippen LogP contribution in [0.1, 0.15) is 10.4 Å². The Labute approximate surface area is 149 Å². The van der Waals surface area contributed by atoms with Gasteiger partial charge in [-0.15, -0.1) is 0 Å². The fourth-order valence-electron chi connectivity index (χ4n) is 1.93. The highest BCUT2D eigenvalue weighted by Gasteiger charge is 2.12. The number of hydrogen-bond acceptors (Lipinski definition) is 5. The van der Waals surface area contributed by atoms with Crippen molar-refractivity contribution in [2.75, 3.05) is 31.0 Å². The zero-order valence-corrected chi connectivity index (χ0v) is 14.2. The maximum absolute atomic E-state index is 12.2. The van der Waals surface area contributed by atoms with Crippen LogP contribution >= 0.6 is 11.6 Å². The predicted molar refractivity (Wildman–Crippen MR) is 94.4 cm³/mol. The number of hydrogen-bond donors (Lipinski definition) is 3. The Kier molecular flexibility index (Phi) is 6.62. The lowest BCUT2D eigenvalue weighted by Crippen LogP contribution is -2.17. The van der Waals surface area contributed by atoms with E-state index < -0.39 is 12.0 Å². The number of aromatic hydroxyl groups is 1. The van der Waals surface area contributed by atoms with E-state index in [-0.39, 0.29) is 17.9 Å². The lowest BCUT2D eigenvalue weighted by atomic mass is 10.2. The van der Waals surface area contributed by atoms with Crippen LogP contribution in [0, 0.1) is 0 Å². The summed E-state index contributed by atoms with van der Waals surface area (Å²) < 4.78 is 9.68. The molecule has 0 spiro atoms. The molecular weight excluding hydrogens is 348 g/mol. The SMILES string of the molecule is COCCOC(=O)Nc1cccc(NC(=O)c2cc(Cl)ccc2O)c1. The molecule has 0 radical (unpaired) electrons. The fourth-order valence-corrected chi connectivity index (χ4v) is 2.11. The summed E-state index contributed by atoms with van der Waals surface area (Å²) in [7, 11) is 1.51. The van der Waals surface area contributed by atoms with E-state index in [9.17, 15) is 14.7 Å². The molecule has 8 heteroatoms. The molecule has 0 atom stereocenters. The van der Waals surface area contributed by atoms with Gasteiger partial charge in [0.25, 0.3) is 5.91 Å². The predicted octanol–water partition coefficient (Wildman–Crippen LogP) is 3.49. The van der Waals surface area contributed by atoms with Gasteiger partial charge in [-0.25, -0.2) is 4.79 Å². The van der Waals surface area contributed by atoms with Gasteiger partial charge in [0.15, 0.2) is 0 Å². The fraction of sp³-hybridized carbons (Fsp3) is 0.176. The molecular formula is C17H17ClN2O5. The molecule has 132 valence electrons. The molecule has 25 heavy (non-hydrogen) atoms. The Morgan fingerprint density at radius 3 is 2.52 bits per heavy atom. The van der Waals surface area contributed by atoms with Gasteiger partial charge in [0, 0.05) is 23.5 Å². The summed E-state index contributed by atoms with van der Waals surface area (Å²) in [6.07, 6.45) is -0.631. The number of ether oxygens (including phenoxy) is 2. The molecule has 0 fully saturated rings. The third kappa shape index (κ3) is 5.66. The highest BCUT2D eigenvalue weighted by Crippen LogP contribution is 2.23. The third-order valence-electron chi connectivity index (χ3n) is 3.09. The molecule has 0 aromatic heterocycles. The van der Waals surface area contributed by atoms with E-state index in [1.165, 1.54) is 25.3 Å². The van der Waals surface area contributed by atoms with Crippen LogP contribution in [-0.4, -0.2) is 37.4 Å². The van der Waals surface area contributed by atoms with Gasteiger partial charge in [-0.3, -0.25) is 10.1 Å². The minimum atomic E-state index is -0.631. The second-order valence-electron chi connectivity index (χ2n) is 4.95. The van der Waals surface area contributed by atoms with Crippen LogP contribution in [0.3, 0.4) is 0 Å². The van der Waals surface area contributed by atoms with E-state index in [0.717, 1.165) is 0 Å². The van der Waals surface area contributed by atoms with Crippen molar-refractivity contribution in [2.45, 2.75) is 0 Å². The number of carbonyl (C=O) groups is 2. The second kappa shape index (κ2) is 8.91. The molecule has 0 heterocycles. The van der Waals surface area contributed by atoms with Crippen LogP contribution in [0.25, 0.3) is 0 Å². The number of carbonyl (C=O) groups excluding carboxylic acids is 2. The Balaban J connectivity index is 2.02. The summed E-state index contributed by atoms with van der Waals surface area (Å²) in [5.41, 5.74) is 0.916. The molecule has 0 unspecified atom stereocenters. The summed E-state index contributed by atoms with van der Waals surface area (Å²) in [6, 6.07) is 10.7. The zero-order chi connectivity index (χ0) is 18.2. The van der Waals surface area contributed by atoms with Gasteiger partial charge in [0.1, 0.15) is 12.4 Å². The second-order valence-corrected chi connectivity index (χ2v) is 5.39. The van der Waals surface area contributed by atoms with Crippen molar-refractivity contribution >= 4 is 35.0 Å². The van der Waals surface area contributed by atoms with Crippen molar-refractivity contribution in [3.63, 3.8) is 0 Å². The Bertz CT molecular complexity index is 766. The van der Waals surface area contributed by atoms with Crippen molar-refractivity contribution in [3.05, 3.63) is 53.1 Å². The summed E-state index contributed by atoms with van der Waals surface area (Å²) in [5.74, 6) is -0.710. The van der Waals surface area contributed by atoms with E-state index in [0.29, 0.717) is 23.0 Å². The average Bonchev–Trinajstić information content (AvgIpc) is 2.57. The lowest BCUT2D eigenvalue weighted by molar-refractivity contribution is 0.102. The minimum Gasteiger partial charge on any atom is -0.507 e. The molecule has 0 aliphatic rings. The topological polar surface area (TPSA) is 96.9 Å². The number of benzene rings is 2. The summed E-state index contributed by atoms with van der Waals surface area (Å²) >= 11 is 5.84. The maximum Gasteiger partial charge on any atom is 0.411 e. The van der Waals surface area contributed by atoms with E-state index in [1.807, 2.05) is 0 Å². The van der Waals surface area contributed by atoms with Crippen LogP contribution in [-0.2, 0) is 9.47 Å². The standard InChI is InChI=1S/C17H17ClN2O5/c1-24-7-8-25-17(23)20-13-4-2-3-12(10-13)19-16(22)14-9-11(18)5-6-15(14)21/h2-6,9-10,21H,7-8H2,1H3,(H,19,22)(H,20,23). The minimum absolute atomic E-state index is 0.0461. The van der Waals surface area contributed by atoms with Crippen molar-refractivity contribution in [1.82, 2.24) is 0 Å². The van der Waals surface area contributed by atoms with Gasteiger partial charge in [-0.2, -0.15) is 0 Å². The molecule has 2 amide bonds. The van der Waals surface area contributed by atoms with Crippen molar-refractivity contribution in [1.29, 1.82) is 0 Å². The van der Waals surface area contributed by atoms with Gasteiger partial charge in [0.2, 0.25) is 0 Å². The number of amides is 2. The highest BCUT2D eigenvalue weighted by atomic mass is 35.5. The molecule has 2 aromatic carbocycles. The molecule has 0 aliphatic heterocycles. The first-order valence-corrected chi connectivity index (χ1v) is 7.70. The molecule has 0 bridgehead atoms. The number of halogens is 1. The quantitative estimate of drug-likeness (QED) is 0.682. The molecule has 2 rings (SSSR count). The maximum atomic E-state index is 12.2. The van der Waals surface area contributed by atoms with Crippen LogP contribution in [0.4, 0.5) is 16.2 Å². The smallest absolute Gasteiger partial charge is 0.411 e. The van der Waals surface area contributed by atoms with Crippen molar-refractivity contribution < 1.29 is 24.2 Å². The number of methoxy groups -OCH3 is 1. The highest BCUT2D eigenvalue weighted by molar-refractivity contribution is 6.31. The first-order chi connectivity index (χ1) is 12.0. The lowest BCUT2D eigenvalue weighted by Gasteiger charge is -2.10. The average molecular weight is 365 g/mol. The molecule has 2 aromatic rings. The molecule has 3 N–H and O–H groups in total. The Hall–Kier alpha value is -2.77. The third-order valence-corrected chi connectivity index (χ3v) is 3.33. The van der Waals surface area contributed by atoms with Gasteiger partial charge in [0.05, 0.1) is 12.2 Å². The van der Waals surface area contributed by atoms with E-state index in [4.69, 9.17) is 21.1 Å². The molecule has 0 aliphatic carbocycles. The van der Waals surface area contributed by atoms with E-state index >= 15 is 0 Å². The number of rotatable bonds is 6. The molecule has 7 nitrogen and oxygen atoms in total. The number of phenolic OH excluding ortho intramolecular Hbond substituents is 1. The van der Waals surface area contributed by atoms with Crippen LogP contribution in [0.15, 0.2) is 42.5 Å². The van der Waals surface area contributed by atoms with Crippen LogP contribution in [0.5, 0.6) is 5.75 Å². The Morgan fingerprint density at radius 2 is 1.80 bits per heavy atom. The summed E-state index contributed by atoms with van der Waals surface area (Å²) in [6.45, 7) is 0.430. The first kappa shape index (κ1) is 18.6. The largest absolute Gasteiger partial charge is 0.507 e. The van der Waals surface area contributed by atoms with Crippen LogP contribution < -0.4 is 10.6 Å². The monoisotopic (exact) mass is 364 g/mol. The molecule has 0 saturated heterocycles. The normalized spacial score (nSPS) is 10.2. The Morgan fingerprint density at radius 1 is 1.08 bits per heavy atom. The number of phenols is 1. The van der Waals surface area contributed by atoms with Crippen LogP contribution in [0.2, 0.25) is 5.02 Å². The molecule has 0 saturated carbocycles. The van der Waals surface area contributed by atoms with Gasteiger partial charge in [-0.1, -0.05) is 17.7 Å². The number of nitrogens with one attached hydrogen (secondary N) is 2. The van der Waals surface area contributed by atoms with E-state index in [2.05, 4.69) is 10.6 Å². The summed E-state index contributed by atoms with van der Waals surface area (Å²) in [4.78, 5) is 23.8. The number of anilines is 2. The van der Waals surface area contributed by atoms with Crippen molar-refractivity contribution in [3.8, 4) is 5.75 Å². The van der Waals surface area contributed by atoms with E-state index in [1.54, 1.807) is 24.3 Å². The van der Waals surface area contributed by atoms with Crippen molar-refractivity contribution in [2.24, 2.45) is 0 Å². The zero-order valence-electron chi connectivity index (χ0n) is 13.4. The van der Waals surface area contributed by atoms with Gasteiger partial charge < -0.3 is 19.9 Å².